The van der Waals surface area contributed by atoms with E-state index in [1.165, 1.54) is 30.4 Å². The summed E-state index contributed by atoms with van der Waals surface area (Å²) in [6.45, 7) is 1.94. The molecule has 0 saturated carbocycles. The van der Waals surface area contributed by atoms with Crippen molar-refractivity contribution in [2.24, 2.45) is 5.73 Å². The molecule has 0 saturated heterocycles. The molecule has 1 aromatic carbocycles. The van der Waals surface area contributed by atoms with Crippen LogP contribution >= 0.6 is 0 Å². The average Bonchev–Trinajstić information content (AvgIpc) is 2.43. The van der Waals surface area contributed by atoms with Crippen molar-refractivity contribution in [3.8, 4) is 0 Å². The molecule has 0 spiro atoms. The summed E-state index contributed by atoms with van der Waals surface area (Å²) in [5.41, 5.74) is 9.57. The van der Waals surface area contributed by atoms with Crippen molar-refractivity contribution in [2.75, 3.05) is 11.9 Å². The number of nitrogens with two attached hydrogens (primary N) is 1. The molecule has 0 radical (unpaired) electrons. The van der Waals surface area contributed by atoms with E-state index in [1.54, 1.807) is 4.90 Å². The Labute approximate surface area is 115 Å². The number of anilines is 1. The molecule has 3 nitrogen and oxygen atoms in total. The van der Waals surface area contributed by atoms with Crippen molar-refractivity contribution in [1.29, 1.82) is 0 Å². The number of hydrogen-bond acceptors (Lipinski definition) is 2. The Bertz CT molecular complexity index is 454. The van der Waals surface area contributed by atoms with Crippen LogP contribution in [0.15, 0.2) is 18.2 Å². The molecule has 1 aromatic rings. The first-order valence-electron chi connectivity index (χ1n) is 7.22. The van der Waals surface area contributed by atoms with Gasteiger partial charge in [0.25, 0.3) is 0 Å². The Hall–Kier alpha value is -1.35. The highest BCUT2D eigenvalue weighted by atomic mass is 16.2. The van der Waals surface area contributed by atoms with Crippen LogP contribution in [-0.2, 0) is 17.6 Å². The Kier molecular flexibility index (Phi) is 4.59. The molecule has 0 aromatic heterocycles. The number of nitrogens with zero attached hydrogens (tertiary/aromatic N) is 1. The lowest BCUT2D eigenvalue weighted by atomic mass is 9.91. The minimum absolute atomic E-state index is 0.0842. The molecule has 0 aliphatic heterocycles. The fourth-order valence-electron chi connectivity index (χ4n) is 2.59. The van der Waals surface area contributed by atoms with Gasteiger partial charge in [-0.05, 0) is 62.3 Å². The highest BCUT2D eigenvalue weighted by molar-refractivity contribution is 5.92. The lowest BCUT2D eigenvalue weighted by Gasteiger charge is -2.22. The molecule has 1 amide bonds. The standard InChI is InChI=1S/C16H24N2O/c1-12(17)7-10-16(19)18(2)15-9-8-13-5-3-4-6-14(13)11-15/h8-9,11-12H,3-7,10,17H2,1-2H3. The molecule has 1 aliphatic rings. The second-order valence-electron chi connectivity index (χ2n) is 5.63. The number of hydrogen-bond donors (Lipinski definition) is 1. The normalized spacial score (nSPS) is 15.7. The van der Waals surface area contributed by atoms with Gasteiger partial charge in [-0.25, -0.2) is 0 Å². The Morgan fingerprint density at radius 2 is 2.00 bits per heavy atom. The van der Waals surface area contributed by atoms with Gasteiger partial charge in [-0.15, -0.1) is 0 Å². The third-order valence-corrected chi connectivity index (χ3v) is 3.91. The van der Waals surface area contributed by atoms with E-state index in [0.717, 1.165) is 18.5 Å². The summed E-state index contributed by atoms with van der Waals surface area (Å²) >= 11 is 0. The van der Waals surface area contributed by atoms with Crippen LogP contribution in [0.1, 0.15) is 43.7 Å². The molecular formula is C16H24N2O. The average molecular weight is 260 g/mol. The second kappa shape index (κ2) is 6.20. The van der Waals surface area contributed by atoms with E-state index in [9.17, 15) is 4.79 Å². The van der Waals surface area contributed by atoms with Crippen molar-refractivity contribution >= 4 is 11.6 Å². The molecule has 19 heavy (non-hydrogen) atoms. The van der Waals surface area contributed by atoms with Gasteiger partial charge in [0.15, 0.2) is 0 Å². The summed E-state index contributed by atoms with van der Waals surface area (Å²) in [4.78, 5) is 13.8. The van der Waals surface area contributed by atoms with Crippen LogP contribution < -0.4 is 10.6 Å². The second-order valence-corrected chi connectivity index (χ2v) is 5.63. The summed E-state index contributed by atoms with van der Waals surface area (Å²) in [6.07, 6.45) is 6.14. The molecule has 1 aliphatic carbocycles. The van der Waals surface area contributed by atoms with Crippen LogP contribution in [0.3, 0.4) is 0 Å². The summed E-state index contributed by atoms with van der Waals surface area (Å²) in [5, 5.41) is 0. The number of benzene rings is 1. The third kappa shape index (κ3) is 3.57. The van der Waals surface area contributed by atoms with Gasteiger partial charge in [0.1, 0.15) is 0 Å². The SMILES string of the molecule is CC(N)CCC(=O)N(C)c1ccc2c(c1)CCCC2. The molecule has 0 fully saturated rings. The van der Waals surface area contributed by atoms with Crippen LogP contribution in [0, 0.1) is 0 Å². The zero-order chi connectivity index (χ0) is 13.8. The van der Waals surface area contributed by atoms with Gasteiger partial charge in [-0.1, -0.05) is 6.07 Å². The van der Waals surface area contributed by atoms with Crippen molar-refractivity contribution in [1.82, 2.24) is 0 Å². The predicted octanol–water partition coefficient (Wildman–Crippen LogP) is 2.66. The van der Waals surface area contributed by atoms with Gasteiger partial charge < -0.3 is 10.6 Å². The maximum absolute atomic E-state index is 12.1. The lowest BCUT2D eigenvalue weighted by Crippen LogP contribution is -2.28. The van der Waals surface area contributed by atoms with Crippen molar-refractivity contribution in [3.63, 3.8) is 0 Å². The van der Waals surface area contributed by atoms with Gasteiger partial charge in [0.2, 0.25) is 5.91 Å². The van der Waals surface area contributed by atoms with Gasteiger partial charge >= 0.3 is 0 Å². The fourth-order valence-corrected chi connectivity index (χ4v) is 2.59. The van der Waals surface area contributed by atoms with Crippen molar-refractivity contribution in [2.45, 2.75) is 51.5 Å². The lowest BCUT2D eigenvalue weighted by molar-refractivity contribution is -0.118. The quantitative estimate of drug-likeness (QED) is 0.904. The van der Waals surface area contributed by atoms with Gasteiger partial charge in [-0.2, -0.15) is 0 Å². The maximum Gasteiger partial charge on any atom is 0.226 e. The van der Waals surface area contributed by atoms with E-state index < -0.39 is 0 Å². The number of aryl methyl sites for hydroxylation is 2. The maximum atomic E-state index is 12.1. The molecular weight excluding hydrogens is 236 g/mol. The summed E-state index contributed by atoms with van der Waals surface area (Å²) in [5.74, 6) is 0.146. The number of rotatable bonds is 4. The topological polar surface area (TPSA) is 46.3 Å². The van der Waals surface area contributed by atoms with E-state index in [0.29, 0.717) is 6.42 Å². The van der Waals surface area contributed by atoms with E-state index in [2.05, 4.69) is 18.2 Å². The molecule has 2 rings (SSSR count). The molecule has 1 unspecified atom stereocenters. The number of carbonyl (C=O) groups is 1. The van der Waals surface area contributed by atoms with Crippen LogP contribution in [0.5, 0.6) is 0 Å². The molecule has 0 heterocycles. The molecule has 1 atom stereocenters. The molecule has 104 valence electrons. The Morgan fingerprint density at radius 3 is 2.68 bits per heavy atom. The highest BCUT2D eigenvalue weighted by Crippen LogP contribution is 2.26. The monoisotopic (exact) mass is 260 g/mol. The van der Waals surface area contributed by atoms with E-state index >= 15 is 0 Å². The Morgan fingerprint density at radius 1 is 1.32 bits per heavy atom. The van der Waals surface area contributed by atoms with E-state index in [1.807, 2.05) is 14.0 Å². The van der Waals surface area contributed by atoms with Crippen LogP contribution in [0.2, 0.25) is 0 Å². The first-order valence-corrected chi connectivity index (χ1v) is 7.22. The van der Waals surface area contributed by atoms with Crippen LogP contribution in [0.4, 0.5) is 5.69 Å². The molecule has 0 bridgehead atoms. The number of fused-ring (bicyclic) bond motifs is 1. The fraction of sp³-hybridized carbons (Fsp3) is 0.562. The molecule has 3 heteroatoms. The summed E-state index contributed by atoms with van der Waals surface area (Å²) < 4.78 is 0. The van der Waals surface area contributed by atoms with Crippen LogP contribution in [0.25, 0.3) is 0 Å². The smallest absolute Gasteiger partial charge is 0.226 e. The minimum atomic E-state index is 0.0842. The number of carbonyl (C=O) groups excluding carboxylic acids is 1. The summed E-state index contributed by atoms with van der Waals surface area (Å²) in [6, 6.07) is 6.51. The third-order valence-electron chi connectivity index (χ3n) is 3.91. The first kappa shape index (κ1) is 14.1. The van der Waals surface area contributed by atoms with Gasteiger partial charge in [0, 0.05) is 25.2 Å². The zero-order valence-electron chi connectivity index (χ0n) is 12.0. The minimum Gasteiger partial charge on any atom is -0.328 e. The Balaban J connectivity index is 2.06. The van der Waals surface area contributed by atoms with Crippen LogP contribution in [-0.4, -0.2) is 19.0 Å². The zero-order valence-corrected chi connectivity index (χ0v) is 12.0. The molecule has 2 N–H and O–H groups in total. The van der Waals surface area contributed by atoms with Crippen molar-refractivity contribution < 1.29 is 4.79 Å². The predicted molar refractivity (Wildman–Crippen MR) is 79.4 cm³/mol. The largest absolute Gasteiger partial charge is 0.328 e. The van der Waals surface area contributed by atoms with E-state index in [4.69, 9.17) is 5.73 Å². The first-order chi connectivity index (χ1) is 9.08. The van der Waals surface area contributed by atoms with E-state index in [-0.39, 0.29) is 11.9 Å². The number of amides is 1. The van der Waals surface area contributed by atoms with Gasteiger partial charge in [0.05, 0.1) is 0 Å². The van der Waals surface area contributed by atoms with Gasteiger partial charge in [-0.3, -0.25) is 4.79 Å². The highest BCUT2D eigenvalue weighted by Gasteiger charge is 2.15. The van der Waals surface area contributed by atoms with Crippen molar-refractivity contribution in [3.05, 3.63) is 29.3 Å². The summed E-state index contributed by atoms with van der Waals surface area (Å²) in [7, 11) is 1.86.